The first-order valence-corrected chi connectivity index (χ1v) is 9.67. The van der Waals surface area contributed by atoms with Crippen molar-refractivity contribution in [3.05, 3.63) is 0 Å². The van der Waals surface area contributed by atoms with Gasteiger partial charge < -0.3 is 0 Å². The lowest BCUT2D eigenvalue weighted by atomic mass is 8.31. The second-order valence-electron chi connectivity index (χ2n) is 8.08. The summed E-state index contributed by atoms with van der Waals surface area (Å²) in [6.45, 7) is 0. The molecule has 97 valence electrons. The van der Waals surface area contributed by atoms with Gasteiger partial charge in [-0.25, -0.2) is 0 Å². The van der Waals surface area contributed by atoms with E-state index in [1.807, 2.05) is 7.06 Å². The second-order valence-corrected chi connectivity index (χ2v) is 8.08. The van der Waals surface area contributed by atoms with Gasteiger partial charge in [0.15, 0.2) is 0 Å². The van der Waals surface area contributed by atoms with Crippen LogP contribution in [0.15, 0.2) is 0 Å². The predicted octanol–water partition coefficient (Wildman–Crippen LogP) is -12.6. The summed E-state index contributed by atoms with van der Waals surface area (Å²) in [4.78, 5) is 0. The molecule has 0 amide bonds. The van der Waals surface area contributed by atoms with E-state index in [1.165, 1.54) is 0 Å². The lowest BCUT2D eigenvalue weighted by molar-refractivity contribution is 3.25. The zero-order valence-electron chi connectivity index (χ0n) is 17.3. The average Bonchev–Trinajstić information content (AvgIpc) is 2.57. The molecule has 31 radical (unpaired) electrons. The van der Waals surface area contributed by atoms with Gasteiger partial charge in [0.2, 0.25) is 0 Å². The smallest absolute Gasteiger partial charge is 0.0000000000000851 e. The summed E-state index contributed by atoms with van der Waals surface area (Å²) in [7, 11) is 93.7. The first-order valence-electron chi connectivity index (χ1n) is 9.67. The van der Waals surface area contributed by atoms with Crippen molar-refractivity contribution in [1.82, 2.24) is 0 Å². The Morgan fingerprint density at radius 3 is 0.677 bits per heavy atom. The van der Waals surface area contributed by atoms with Crippen molar-refractivity contribution >= 4 is 220 Å². The Labute approximate surface area is 219 Å². The van der Waals surface area contributed by atoms with Crippen molar-refractivity contribution in [2.24, 2.45) is 0 Å². The minimum Gasteiger partial charge on any atom is -0.158 e. The molecular formula is H3B31-. The Balaban J connectivity index is 7.23. The standard InChI is InChI=1S/B31H3/c1-17-25(16)29(24(14)15)31(28(22(10)11)23(12)13)30(26(18(2)3)19(4)5)27(20(6)7)21(8)9/h1H3/q-1. The molecule has 0 aromatic rings. The average molecular weight is 338 g/mol. The Morgan fingerprint density at radius 2 is 0.516 bits per heavy atom. The van der Waals surface area contributed by atoms with E-state index in [-0.39, 0.29) is 7.74 Å². The Kier molecular flexibility index (Phi) is 16.2. The highest BCUT2D eigenvalue weighted by atomic mass is 13.3. The third kappa shape index (κ3) is 9.19. The molecule has 0 aliphatic heterocycles. The third-order valence-electron chi connectivity index (χ3n) is 5.78. The van der Waals surface area contributed by atoms with Crippen LogP contribution in [0.4, 0.5) is 0 Å². The Morgan fingerprint density at radius 1 is 0.323 bits per heavy atom. The van der Waals surface area contributed by atoms with Crippen molar-refractivity contribution in [1.29, 1.82) is 0 Å². The van der Waals surface area contributed by atoms with Crippen molar-refractivity contribution in [2.45, 2.75) is 0 Å². The number of hydrogen-bond acceptors (Lipinski definition) is 0. The largest absolute Gasteiger partial charge is 0.158 e. The molecule has 0 heterocycles. The second kappa shape index (κ2) is 15.2. The van der Waals surface area contributed by atoms with Crippen LogP contribution in [0.25, 0.3) is 0 Å². The van der Waals surface area contributed by atoms with E-state index in [1.54, 1.807) is 0 Å². The zero-order valence-corrected chi connectivity index (χ0v) is 17.3. The van der Waals surface area contributed by atoms with Crippen molar-refractivity contribution in [3.63, 3.8) is 0 Å². The van der Waals surface area contributed by atoms with Gasteiger partial charge in [-0.2, -0.15) is 7.06 Å². The summed E-state index contributed by atoms with van der Waals surface area (Å²) < 4.78 is 0. The molecule has 0 aliphatic carbocycles. The molecule has 0 unspecified atom stereocenters. The normalized spacial score (nSPS) is 9.45. The summed E-state index contributed by atoms with van der Waals surface area (Å²) in [6.07, 6.45) is -12.0. The Bertz CT molecular complexity index is 409. The predicted molar refractivity (Wildman–Crippen MR) is 183 cm³/mol. The molecule has 0 saturated heterocycles. The monoisotopic (exact) mass is 344 g/mol. The zero-order chi connectivity index (χ0) is 24.8. The van der Waals surface area contributed by atoms with Gasteiger partial charge in [-0.15, -0.1) is 0 Å². The maximum Gasteiger partial charge on any atom is -0.0000000000000851 e. The first kappa shape index (κ1) is 33.0. The van der Waals surface area contributed by atoms with Crippen LogP contribution in [0, 0.1) is 0 Å². The van der Waals surface area contributed by atoms with E-state index < -0.39 is 89.4 Å². The lowest BCUT2D eigenvalue weighted by Crippen LogP contribution is -2.89. The SMILES string of the molecule is [B]B([B])B(B([B])[B])B(B(B([B])[B])B([B])[B])B(B(B([B])[B])B([B])[B])B(B([B])[B])B([B])[B][BH3-]. The van der Waals surface area contributed by atoms with Gasteiger partial charge in [0.25, 0.3) is 0 Å². The number of hydrogen-bond donors (Lipinski definition) is 0. The summed E-state index contributed by atoms with van der Waals surface area (Å²) >= 11 is 0. The molecule has 31 heteroatoms. The molecule has 31 heavy (non-hydrogen) atoms. The minimum absolute atomic E-state index is 0.239. The summed E-state index contributed by atoms with van der Waals surface area (Å²) in [5, 5.41) is 0. The molecule has 0 aromatic carbocycles. The van der Waals surface area contributed by atoms with Crippen LogP contribution < -0.4 is 0 Å². The van der Waals surface area contributed by atoms with Gasteiger partial charge in [0.05, 0.1) is 0 Å². The van der Waals surface area contributed by atoms with E-state index in [9.17, 15) is 0 Å². The van der Waals surface area contributed by atoms with Crippen LogP contribution in [0.5, 0.6) is 0 Å². The highest BCUT2D eigenvalue weighted by Gasteiger charge is 2.52. The van der Waals surface area contributed by atoms with Crippen LogP contribution in [0.1, 0.15) is 0 Å². The first-order chi connectivity index (χ1) is 14.1. The van der Waals surface area contributed by atoms with E-state index in [0.717, 1.165) is 0 Å². The van der Waals surface area contributed by atoms with Gasteiger partial charge in [0.1, 0.15) is 0 Å². The topological polar surface area (TPSA) is 0 Å². The van der Waals surface area contributed by atoms with Crippen LogP contribution in [-0.2, 0) is 0 Å². The van der Waals surface area contributed by atoms with Gasteiger partial charge >= 0.3 is 0 Å². The van der Waals surface area contributed by atoms with Crippen molar-refractivity contribution < 1.29 is 0 Å². The van der Waals surface area contributed by atoms with E-state index in [4.69, 9.17) is 116 Å². The van der Waals surface area contributed by atoms with E-state index in [0.29, 0.717) is 0 Å². The molecule has 0 spiro atoms. The summed E-state index contributed by atoms with van der Waals surface area (Å²) in [5.41, 5.74) is 0. The molecule has 0 bridgehead atoms. The fraction of sp³-hybridized carbons (Fsp3) is 0. The quantitative estimate of drug-likeness (QED) is 0.276. The molecule has 0 fully saturated rings. The van der Waals surface area contributed by atoms with Crippen LogP contribution in [0.3, 0.4) is 0 Å². The fourth-order valence-corrected chi connectivity index (χ4v) is 4.62. The fourth-order valence-electron chi connectivity index (χ4n) is 4.62. The number of rotatable bonds is 14. The third-order valence-corrected chi connectivity index (χ3v) is 5.78. The minimum atomic E-state index is -1.02. The molecule has 0 N–H and O–H groups in total. The van der Waals surface area contributed by atoms with Crippen molar-refractivity contribution in [2.75, 3.05) is 0 Å². The molecule has 0 rings (SSSR count). The van der Waals surface area contributed by atoms with Gasteiger partial charge in [-0.05, 0) is 205 Å². The van der Waals surface area contributed by atoms with E-state index >= 15 is 0 Å². The van der Waals surface area contributed by atoms with Crippen molar-refractivity contribution in [3.8, 4) is 0 Å². The molecule has 0 saturated carbocycles. The van der Waals surface area contributed by atoms with Gasteiger partial charge in [-0.1, -0.05) is 7.74 Å². The van der Waals surface area contributed by atoms with Gasteiger partial charge in [0, 0.05) is 0 Å². The Hall–Kier alpha value is 2.01. The molecular weight excluding hydrogens is 335 g/mol. The highest BCUT2D eigenvalue weighted by Crippen LogP contribution is 2.14. The molecule has 0 nitrogen and oxygen atoms in total. The van der Waals surface area contributed by atoms with Gasteiger partial charge in [-0.3, -0.25) is 0 Å². The van der Waals surface area contributed by atoms with Crippen LogP contribution >= 0.6 is 0 Å². The van der Waals surface area contributed by atoms with Crippen LogP contribution in [0.2, 0.25) is 0 Å². The van der Waals surface area contributed by atoms with E-state index in [2.05, 4.69) is 0 Å². The highest BCUT2D eigenvalue weighted by molar-refractivity contribution is 8.28. The summed E-state index contributed by atoms with van der Waals surface area (Å²) in [6, 6.07) is 0. The molecule has 0 atom stereocenters. The maximum absolute atomic E-state index is 6.43. The maximum atomic E-state index is 6.43. The lowest BCUT2D eigenvalue weighted by Gasteiger charge is -2.51. The molecule has 0 aromatic heterocycles. The van der Waals surface area contributed by atoms with Crippen LogP contribution in [-0.4, -0.2) is 220 Å². The molecule has 0 aliphatic rings. The summed E-state index contributed by atoms with van der Waals surface area (Å²) in [5.74, 6) is 0.